The fourth-order valence-corrected chi connectivity index (χ4v) is 3.17. The van der Waals surface area contributed by atoms with E-state index >= 15 is 0 Å². The fourth-order valence-electron chi connectivity index (χ4n) is 3.17. The van der Waals surface area contributed by atoms with Crippen LogP contribution in [0.1, 0.15) is 6.55 Å². The lowest BCUT2D eigenvalue weighted by Crippen LogP contribution is -2.52. The molecule has 7 nitrogen and oxygen atoms in total. The SMILES string of the molecule is COc1cc(N2CCN(C(=O)C(F)(F)F)CC2)c(-c2cnn(C(F)F)c2)cc1N. The quantitative estimate of drug-likeness (QED) is 0.609. The Balaban J connectivity index is 1.91. The first-order chi connectivity index (χ1) is 13.6. The zero-order chi connectivity index (χ0) is 21.3. The predicted octanol–water partition coefficient (Wildman–Crippen LogP) is 2.75. The van der Waals surface area contributed by atoms with Crippen molar-refractivity contribution < 1.29 is 31.5 Å². The second-order valence-corrected chi connectivity index (χ2v) is 6.37. The van der Waals surface area contributed by atoms with Gasteiger partial charge in [0.1, 0.15) is 5.75 Å². The molecule has 1 fully saturated rings. The van der Waals surface area contributed by atoms with Crippen molar-refractivity contribution in [3.8, 4) is 16.9 Å². The minimum atomic E-state index is -4.93. The molecule has 1 aromatic carbocycles. The van der Waals surface area contributed by atoms with Crippen LogP contribution in [-0.4, -0.2) is 60.1 Å². The van der Waals surface area contributed by atoms with Crippen LogP contribution in [0.4, 0.5) is 33.3 Å². The maximum Gasteiger partial charge on any atom is 0.471 e. The summed E-state index contributed by atoms with van der Waals surface area (Å²) in [6.45, 7) is -2.86. The molecule has 1 aliphatic rings. The smallest absolute Gasteiger partial charge is 0.471 e. The zero-order valence-electron chi connectivity index (χ0n) is 15.3. The van der Waals surface area contributed by atoms with Gasteiger partial charge in [-0.15, -0.1) is 0 Å². The number of nitrogens with two attached hydrogens (primary N) is 1. The molecular weight excluding hydrogens is 401 g/mol. The number of piperazine rings is 1. The number of amides is 1. The van der Waals surface area contributed by atoms with Crippen molar-refractivity contribution in [1.82, 2.24) is 14.7 Å². The normalized spacial score (nSPS) is 15.1. The second kappa shape index (κ2) is 7.76. The monoisotopic (exact) mass is 419 g/mol. The average molecular weight is 419 g/mol. The van der Waals surface area contributed by atoms with Gasteiger partial charge in [-0.3, -0.25) is 4.79 Å². The Labute approximate surface area is 162 Å². The van der Waals surface area contributed by atoms with E-state index in [0.717, 1.165) is 11.1 Å². The third-order valence-corrected chi connectivity index (χ3v) is 4.61. The molecule has 12 heteroatoms. The summed E-state index contributed by atoms with van der Waals surface area (Å²) >= 11 is 0. The summed E-state index contributed by atoms with van der Waals surface area (Å²) in [4.78, 5) is 13.9. The molecular formula is C17H18F5N5O2. The first kappa shape index (κ1) is 20.7. The van der Waals surface area contributed by atoms with Crippen LogP contribution < -0.4 is 15.4 Å². The van der Waals surface area contributed by atoms with Gasteiger partial charge >= 0.3 is 18.6 Å². The maximum absolute atomic E-state index is 12.9. The van der Waals surface area contributed by atoms with Crippen molar-refractivity contribution in [1.29, 1.82) is 0 Å². The number of methoxy groups -OCH3 is 1. The minimum Gasteiger partial charge on any atom is -0.495 e. The molecule has 2 aromatic rings. The molecule has 0 unspecified atom stereocenters. The zero-order valence-corrected chi connectivity index (χ0v) is 15.3. The fraction of sp³-hybridized carbons (Fsp3) is 0.412. The predicted molar refractivity (Wildman–Crippen MR) is 94.7 cm³/mol. The van der Waals surface area contributed by atoms with Crippen LogP contribution >= 0.6 is 0 Å². The number of benzene rings is 1. The van der Waals surface area contributed by atoms with Gasteiger partial charge in [0.05, 0.1) is 19.0 Å². The summed E-state index contributed by atoms with van der Waals surface area (Å²) in [7, 11) is 1.41. The first-order valence-electron chi connectivity index (χ1n) is 8.53. The number of nitrogens with zero attached hydrogens (tertiary/aromatic N) is 4. The lowest BCUT2D eigenvalue weighted by atomic mass is 10.0. The highest BCUT2D eigenvalue weighted by Crippen LogP contribution is 2.39. The largest absolute Gasteiger partial charge is 0.495 e. The van der Waals surface area contributed by atoms with Crippen molar-refractivity contribution in [3.05, 3.63) is 24.5 Å². The van der Waals surface area contributed by atoms with Crippen LogP contribution in [0.5, 0.6) is 5.75 Å². The van der Waals surface area contributed by atoms with Crippen LogP contribution in [-0.2, 0) is 4.79 Å². The van der Waals surface area contributed by atoms with E-state index in [2.05, 4.69) is 5.10 Å². The summed E-state index contributed by atoms with van der Waals surface area (Å²) < 4.78 is 69.4. The van der Waals surface area contributed by atoms with E-state index in [0.29, 0.717) is 27.2 Å². The highest BCUT2D eigenvalue weighted by Gasteiger charge is 2.43. The maximum atomic E-state index is 12.9. The van der Waals surface area contributed by atoms with E-state index in [9.17, 15) is 26.7 Å². The molecule has 0 spiro atoms. The van der Waals surface area contributed by atoms with E-state index in [1.54, 1.807) is 11.0 Å². The van der Waals surface area contributed by atoms with E-state index < -0.39 is 18.6 Å². The van der Waals surface area contributed by atoms with Gasteiger partial charge in [-0.1, -0.05) is 0 Å². The summed E-state index contributed by atoms with van der Waals surface area (Å²) in [5.74, 6) is -1.55. The first-order valence-corrected chi connectivity index (χ1v) is 8.53. The van der Waals surface area contributed by atoms with Gasteiger partial charge in [0.2, 0.25) is 0 Å². The molecule has 1 amide bonds. The molecule has 1 aliphatic heterocycles. The van der Waals surface area contributed by atoms with Gasteiger partial charge in [0, 0.05) is 55.3 Å². The van der Waals surface area contributed by atoms with Crippen molar-refractivity contribution in [2.45, 2.75) is 12.7 Å². The summed E-state index contributed by atoms with van der Waals surface area (Å²) in [5.41, 5.74) is 7.59. The topological polar surface area (TPSA) is 76.6 Å². The number of ether oxygens (including phenoxy) is 1. The molecule has 2 heterocycles. The van der Waals surface area contributed by atoms with Gasteiger partial charge in [-0.2, -0.15) is 27.1 Å². The third kappa shape index (κ3) is 4.20. The number of hydrogen-bond donors (Lipinski definition) is 1. The minimum absolute atomic E-state index is 0.116. The van der Waals surface area contributed by atoms with E-state index in [-0.39, 0.29) is 31.9 Å². The second-order valence-electron chi connectivity index (χ2n) is 6.37. The molecule has 0 radical (unpaired) electrons. The number of alkyl halides is 5. The van der Waals surface area contributed by atoms with Gasteiger partial charge in [-0.25, -0.2) is 4.68 Å². The lowest BCUT2D eigenvalue weighted by Gasteiger charge is -2.37. The lowest BCUT2D eigenvalue weighted by molar-refractivity contribution is -0.185. The molecule has 158 valence electrons. The number of nitrogen functional groups attached to an aromatic ring is 1. The van der Waals surface area contributed by atoms with Gasteiger partial charge < -0.3 is 20.3 Å². The van der Waals surface area contributed by atoms with Crippen molar-refractivity contribution >= 4 is 17.3 Å². The number of anilines is 2. The number of aromatic nitrogens is 2. The average Bonchev–Trinajstić information content (AvgIpc) is 3.17. The molecule has 0 aliphatic carbocycles. The van der Waals surface area contributed by atoms with Crippen LogP contribution in [0.25, 0.3) is 11.1 Å². The third-order valence-electron chi connectivity index (χ3n) is 4.61. The molecule has 1 saturated heterocycles. The number of hydrogen-bond acceptors (Lipinski definition) is 5. The highest BCUT2D eigenvalue weighted by atomic mass is 19.4. The standard InChI is InChI=1S/C17H18F5N5O2/c1-29-14-7-13(25-2-4-26(5-3-25)15(28)17(20,21)22)11(6-12(14)23)10-8-24-27(9-10)16(18)19/h6-9,16H,2-5,23H2,1H3. The Hall–Kier alpha value is -3.05. The van der Waals surface area contributed by atoms with Gasteiger partial charge in [0.15, 0.2) is 0 Å². The number of rotatable bonds is 4. The number of carbonyl (C=O) groups excluding carboxylic acids is 1. The Morgan fingerprint density at radius 3 is 2.38 bits per heavy atom. The Morgan fingerprint density at radius 1 is 1.21 bits per heavy atom. The van der Waals surface area contributed by atoms with E-state index in [4.69, 9.17) is 10.5 Å². The van der Waals surface area contributed by atoms with E-state index in [1.807, 2.05) is 0 Å². The molecule has 0 saturated carbocycles. The van der Waals surface area contributed by atoms with Crippen LogP contribution in [0.2, 0.25) is 0 Å². The van der Waals surface area contributed by atoms with Gasteiger partial charge in [-0.05, 0) is 6.07 Å². The van der Waals surface area contributed by atoms with Crippen molar-refractivity contribution in [3.63, 3.8) is 0 Å². The Morgan fingerprint density at radius 2 is 1.86 bits per heavy atom. The van der Waals surface area contributed by atoms with Crippen molar-refractivity contribution in [2.24, 2.45) is 0 Å². The Bertz CT molecular complexity index is 891. The van der Waals surface area contributed by atoms with Gasteiger partial charge in [0.25, 0.3) is 0 Å². The molecule has 29 heavy (non-hydrogen) atoms. The van der Waals surface area contributed by atoms with Crippen LogP contribution in [0.3, 0.4) is 0 Å². The van der Waals surface area contributed by atoms with Crippen LogP contribution in [0.15, 0.2) is 24.5 Å². The molecule has 1 aromatic heterocycles. The van der Waals surface area contributed by atoms with E-state index in [1.165, 1.54) is 19.4 Å². The summed E-state index contributed by atoms with van der Waals surface area (Å²) in [5, 5.41) is 3.61. The number of carbonyl (C=O) groups is 1. The molecule has 3 rings (SSSR count). The van der Waals surface area contributed by atoms with Crippen LogP contribution in [0, 0.1) is 0 Å². The van der Waals surface area contributed by atoms with Crippen molar-refractivity contribution in [2.75, 3.05) is 43.9 Å². The number of halogens is 5. The molecule has 2 N–H and O–H groups in total. The Kier molecular flexibility index (Phi) is 5.53. The molecule has 0 atom stereocenters. The molecule has 0 bridgehead atoms. The summed E-state index contributed by atoms with van der Waals surface area (Å²) in [6, 6.07) is 3.12. The summed E-state index contributed by atoms with van der Waals surface area (Å²) in [6.07, 6.45) is -2.53. The highest BCUT2D eigenvalue weighted by molar-refractivity contribution is 5.85.